The molecule has 0 saturated carbocycles. The molecule has 0 amide bonds. The number of phenolic OH excluding ortho intramolecular Hbond substituents is 1. The van der Waals surface area contributed by atoms with Crippen LogP contribution < -0.4 is 15.4 Å². The van der Waals surface area contributed by atoms with Crippen molar-refractivity contribution in [3.05, 3.63) is 47.7 Å². The fourth-order valence-electron chi connectivity index (χ4n) is 7.12. The van der Waals surface area contributed by atoms with Crippen molar-refractivity contribution in [2.24, 2.45) is 5.73 Å². The molecule has 222 valence electrons. The van der Waals surface area contributed by atoms with Gasteiger partial charge >= 0.3 is 6.01 Å². The molecule has 3 saturated heterocycles. The number of alkyl halides is 1. The summed E-state index contributed by atoms with van der Waals surface area (Å²) in [6.07, 6.45) is 10.0. The van der Waals surface area contributed by atoms with E-state index < -0.39 is 23.3 Å². The standard InChI is InChI=1S/C32H31F3N6O2/c1-2-22-25(34)7-6-18-11-21(42)12-23(26(18)22)28-27(35)29-24(14-37-28)30(40-9-3-5-20(36)16-40)39-31(38-29)43-17-32-8-4-10-41(32)15-19(33)13-32/h1,6-7,11-12,14,19-20,42H,3-5,8-10,13,15-17,36H2/t19-,20+,32+/m1/s1. The zero-order chi connectivity index (χ0) is 29.9. The molecule has 43 heavy (non-hydrogen) atoms. The molecule has 3 aliphatic heterocycles. The second kappa shape index (κ2) is 10.5. The van der Waals surface area contributed by atoms with Crippen LogP contribution in [0.4, 0.5) is 19.0 Å². The summed E-state index contributed by atoms with van der Waals surface area (Å²) in [7, 11) is 0. The number of pyridine rings is 1. The van der Waals surface area contributed by atoms with Gasteiger partial charge in [0.2, 0.25) is 0 Å². The summed E-state index contributed by atoms with van der Waals surface area (Å²) in [5.41, 5.74) is 5.70. The van der Waals surface area contributed by atoms with Gasteiger partial charge in [0.15, 0.2) is 5.82 Å². The number of rotatable bonds is 5. The van der Waals surface area contributed by atoms with E-state index in [1.165, 1.54) is 30.5 Å². The van der Waals surface area contributed by atoms with Gasteiger partial charge < -0.3 is 20.5 Å². The van der Waals surface area contributed by atoms with Crippen molar-refractivity contribution in [3.8, 4) is 35.4 Å². The van der Waals surface area contributed by atoms with E-state index in [-0.39, 0.29) is 52.1 Å². The Labute approximate surface area is 246 Å². The Balaban J connectivity index is 1.38. The average molecular weight is 589 g/mol. The maximum absolute atomic E-state index is 16.6. The lowest BCUT2D eigenvalue weighted by Gasteiger charge is -2.33. The van der Waals surface area contributed by atoms with Crippen molar-refractivity contribution >= 4 is 27.5 Å². The Morgan fingerprint density at radius 2 is 2.02 bits per heavy atom. The Morgan fingerprint density at radius 3 is 2.84 bits per heavy atom. The third-order valence-electron chi connectivity index (χ3n) is 9.08. The quantitative estimate of drug-likeness (QED) is 0.324. The number of halogens is 3. The van der Waals surface area contributed by atoms with Crippen LogP contribution in [0.1, 0.15) is 37.7 Å². The van der Waals surface area contributed by atoms with Crippen LogP contribution >= 0.6 is 0 Å². The van der Waals surface area contributed by atoms with Gasteiger partial charge in [-0.05, 0) is 55.8 Å². The molecule has 8 nitrogen and oxygen atoms in total. The second-order valence-corrected chi connectivity index (χ2v) is 11.9. The van der Waals surface area contributed by atoms with Crippen LogP contribution in [0.25, 0.3) is 32.9 Å². The van der Waals surface area contributed by atoms with E-state index in [1.807, 2.05) is 4.90 Å². The van der Waals surface area contributed by atoms with Crippen LogP contribution in [0, 0.1) is 24.0 Å². The molecule has 11 heteroatoms. The number of phenols is 1. The fraction of sp³-hybridized carbons (Fsp3) is 0.406. The van der Waals surface area contributed by atoms with E-state index in [1.54, 1.807) is 0 Å². The summed E-state index contributed by atoms with van der Waals surface area (Å²) in [6.45, 7) is 2.53. The van der Waals surface area contributed by atoms with E-state index >= 15 is 4.39 Å². The molecule has 0 spiro atoms. The number of fused-ring (bicyclic) bond motifs is 3. The molecular formula is C32H31F3N6O2. The predicted octanol–water partition coefficient (Wildman–Crippen LogP) is 4.69. The van der Waals surface area contributed by atoms with Crippen LogP contribution in [0.5, 0.6) is 11.8 Å². The van der Waals surface area contributed by atoms with E-state index in [4.69, 9.17) is 21.9 Å². The van der Waals surface area contributed by atoms with E-state index in [9.17, 15) is 13.9 Å². The molecule has 3 aliphatic rings. The highest BCUT2D eigenvalue weighted by Gasteiger charge is 2.49. The topological polar surface area (TPSA) is 101 Å². The summed E-state index contributed by atoms with van der Waals surface area (Å²) >= 11 is 0. The summed E-state index contributed by atoms with van der Waals surface area (Å²) in [5.74, 6) is 1.20. The van der Waals surface area contributed by atoms with E-state index in [0.717, 1.165) is 32.2 Å². The number of ether oxygens (including phenoxy) is 1. The summed E-state index contributed by atoms with van der Waals surface area (Å²) in [4.78, 5) is 17.7. The van der Waals surface area contributed by atoms with Crippen LogP contribution in [-0.2, 0) is 0 Å². The SMILES string of the molecule is C#Cc1c(F)ccc2cc(O)cc(-c3ncc4c(N5CCC[C@H](N)C5)nc(OC[C@@]56CCCN5C[C@H](F)C6)nc4c3F)c12. The van der Waals surface area contributed by atoms with Crippen molar-refractivity contribution in [3.63, 3.8) is 0 Å². The molecular weight excluding hydrogens is 557 g/mol. The number of aromatic nitrogens is 3. The minimum Gasteiger partial charge on any atom is -0.508 e. The van der Waals surface area contributed by atoms with E-state index in [0.29, 0.717) is 42.6 Å². The number of nitrogens with two attached hydrogens (primary N) is 1. The first-order valence-electron chi connectivity index (χ1n) is 14.6. The van der Waals surface area contributed by atoms with E-state index in [2.05, 4.69) is 20.8 Å². The Morgan fingerprint density at radius 1 is 1.16 bits per heavy atom. The third-order valence-corrected chi connectivity index (χ3v) is 9.08. The normalized spacial score (nSPS) is 24.0. The lowest BCUT2D eigenvalue weighted by Crippen LogP contribution is -2.44. The highest BCUT2D eigenvalue weighted by Crippen LogP contribution is 2.42. The van der Waals surface area contributed by atoms with Gasteiger partial charge in [-0.25, -0.2) is 13.2 Å². The van der Waals surface area contributed by atoms with Crippen molar-refractivity contribution < 1.29 is 23.0 Å². The third kappa shape index (κ3) is 4.69. The lowest BCUT2D eigenvalue weighted by atomic mass is 9.95. The number of benzene rings is 2. The van der Waals surface area contributed by atoms with Gasteiger partial charge in [0.25, 0.3) is 0 Å². The van der Waals surface area contributed by atoms with Crippen LogP contribution in [0.15, 0.2) is 30.5 Å². The first-order chi connectivity index (χ1) is 20.8. The number of hydrogen-bond donors (Lipinski definition) is 2. The van der Waals surface area contributed by atoms with Crippen molar-refractivity contribution in [2.45, 2.75) is 49.9 Å². The fourth-order valence-corrected chi connectivity index (χ4v) is 7.12. The molecule has 5 heterocycles. The van der Waals surface area contributed by atoms with Crippen LogP contribution in [-0.4, -0.2) is 75.5 Å². The molecule has 4 aromatic rings. The molecule has 3 N–H and O–H groups in total. The molecule has 0 aliphatic carbocycles. The molecule has 0 radical (unpaired) electrons. The van der Waals surface area contributed by atoms with Gasteiger partial charge in [0.05, 0.1) is 16.5 Å². The smallest absolute Gasteiger partial charge is 0.319 e. The monoisotopic (exact) mass is 588 g/mol. The predicted molar refractivity (Wildman–Crippen MR) is 158 cm³/mol. The molecule has 0 bridgehead atoms. The first-order valence-corrected chi connectivity index (χ1v) is 14.6. The summed E-state index contributed by atoms with van der Waals surface area (Å²) in [6, 6.07) is 5.30. The Bertz CT molecular complexity index is 1800. The minimum atomic E-state index is -0.923. The Hall–Kier alpha value is -4.14. The highest BCUT2D eigenvalue weighted by molar-refractivity contribution is 6.03. The lowest BCUT2D eigenvalue weighted by molar-refractivity contribution is 0.107. The first kappa shape index (κ1) is 27.7. The van der Waals surface area contributed by atoms with Crippen molar-refractivity contribution in [2.75, 3.05) is 37.7 Å². The van der Waals surface area contributed by atoms with Gasteiger partial charge in [-0.2, -0.15) is 9.97 Å². The van der Waals surface area contributed by atoms with Gasteiger partial charge in [-0.3, -0.25) is 9.88 Å². The molecule has 2 aromatic carbocycles. The number of terminal acetylenes is 1. The largest absolute Gasteiger partial charge is 0.508 e. The molecule has 0 unspecified atom stereocenters. The number of aromatic hydroxyl groups is 1. The average Bonchev–Trinajstić information content (AvgIpc) is 3.51. The maximum atomic E-state index is 16.6. The second-order valence-electron chi connectivity index (χ2n) is 11.9. The summed E-state index contributed by atoms with van der Waals surface area (Å²) < 4.78 is 51.9. The molecule has 3 atom stereocenters. The van der Waals surface area contributed by atoms with Gasteiger partial charge in [0, 0.05) is 49.2 Å². The van der Waals surface area contributed by atoms with Crippen molar-refractivity contribution in [1.29, 1.82) is 0 Å². The van der Waals surface area contributed by atoms with Crippen molar-refractivity contribution in [1.82, 2.24) is 19.9 Å². The molecule has 2 aromatic heterocycles. The van der Waals surface area contributed by atoms with Gasteiger partial charge in [-0.1, -0.05) is 12.0 Å². The zero-order valence-corrected chi connectivity index (χ0v) is 23.5. The molecule has 7 rings (SSSR count). The van der Waals surface area contributed by atoms with Gasteiger partial charge in [0.1, 0.15) is 41.4 Å². The number of piperidine rings is 1. The zero-order valence-electron chi connectivity index (χ0n) is 23.5. The van der Waals surface area contributed by atoms with Crippen LogP contribution in [0.2, 0.25) is 0 Å². The summed E-state index contributed by atoms with van der Waals surface area (Å²) in [5, 5.41) is 11.5. The number of hydrogen-bond acceptors (Lipinski definition) is 8. The van der Waals surface area contributed by atoms with Crippen LogP contribution in [0.3, 0.4) is 0 Å². The Kier molecular flexibility index (Phi) is 6.78. The van der Waals surface area contributed by atoms with Gasteiger partial charge in [-0.15, -0.1) is 6.42 Å². The molecule has 3 fully saturated rings. The number of anilines is 1. The minimum absolute atomic E-state index is 0.0302. The maximum Gasteiger partial charge on any atom is 0.319 e. The number of nitrogens with zero attached hydrogens (tertiary/aromatic N) is 5. The highest BCUT2D eigenvalue weighted by atomic mass is 19.1.